The number of hydrogen-bond donors (Lipinski definition) is 1. The van der Waals surface area contributed by atoms with E-state index in [-0.39, 0.29) is 6.61 Å². The van der Waals surface area contributed by atoms with Crippen molar-refractivity contribution >= 4 is 17.3 Å². The Labute approximate surface area is 129 Å². The molecule has 0 aliphatic heterocycles. The molecule has 3 nitrogen and oxygen atoms in total. The van der Waals surface area contributed by atoms with E-state index < -0.39 is 0 Å². The standard InChI is InChI=1S/C17H16ClNO2/c1-3-10-21-17-9-4-14(18)11-13(17)12-19-15-5-7-16(20-2)8-6-15/h1,4-9,11,19H,10,12H2,2H3. The summed E-state index contributed by atoms with van der Waals surface area (Å²) in [6.45, 7) is 0.823. The highest BCUT2D eigenvalue weighted by Gasteiger charge is 2.05. The molecule has 0 radical (unpaired) electrons. The van der Waals surface area contributed by atoms with Crippen molar-refractivity contribution in [3.63, 3.8) is 0 Å². The van der Waals surface area contributed by atoms with E-state index in [1.165, 1.54) is 0 Å². The Kier molecular flexibility index (Phi) is 5.36. The highest BCUT2D eigenvalue weighted by Crippen LogP contribution is 2.24. The summed E-state index contributed by atoms with van der Waals surface area (Å²) in [4.78, 5) is 0. The van der Waals surface area contributed by atoms with E-state index in [0.717, 1.165) is 22.7 Å². The molecule has 0 spiro atoms. The van der Waals surface area contributed by atoms with Gasteiger partial charge in [0, 0.05) is 22.8 Å². The fourth-order valence-electron chi connectivity index (χ4n) is 1.85. The van der Waals surface area contributed by atoms with E-state index in [1.54, 1.807) is 13.2 Å². The van der Waals surface area contributed by atoms with Crippen molar-refractivity contribution in [1.82, 2.24) is 0 Å². The molecule has 0 bridgehead atoms. The molecule has 2 rings (SSSR count). The zero-order valence-corrected chi connectivity index (χ0v) is 12.5. The molecule has 21 heavy (non-hydrogen) atoms. The van der Waals surface area contributed by atoms with E-state index in [4.69, 9.17) is 27.5 Å². The van der Waals surface area contributed by atoms with Gasteiger partial charge < -0.3 is 14.8 Å². The van der Waals surface area contributed by atoms with Crippen molar-refractivity contribution in [2.24, 2.45) is 0 Å². The van der Waals surface area contributed by atoms with Crippen LogP contribution in [0.5, 0.6) is 11.5 Å². The van der Waals surface area contributed by atoms with E-state index in [0.29, 0.717) is 11.6 Å². The number of nitrogens with one attached hydrogen (secondary N) is 1. The van der Waals surface area contributed by atoms with Gasteiger partial charge in [-0.1, -0.05) is 17.5 Å². The summed E-state index contributed by atoms with van der Waals surface area (Å²) in [5, 5.41) is 3.97. The van der Waals surface area contributed by atoms with Crippen molar-refractivity contribution in [2.75, 3.05) is 19.0 Å². The summed E-state index contributed by atoms with van der Waals surface area (Å²) in [7, 11) is 1.64. The van der Waals surface area contributed by atoms with Gasteiger partial charge in [-0.25, -0.2) is 0 Å². The minimum atomic E-state index is 0.233. The van der Waals surface area contributed by atoms with Gasteiger partial charge in [0.2, 0.25) is 0 Å². The SMILES string of the molecule is C#CCOc1ccc(Cl)cc1CNc1ccc(OC)cc1. The van der Waals surface area contributed by atoms with Crippen molar-refractivity contribution in [1.29, 1.82) is 0 Å². The fourth-order valence-corrected chi connectivity index (χ4v) is 2.05. The Morgan fingerprint density at radius 1 is 1.19 bits per heavy atom. The average molecular weight is 302 g/mol. The number of rotatable bonds is 6. The van der Waals surface area contributed by atoms with Gasteiger partial charge >= 0.3 is 0 Å². The molecule has 2 aromatic rings. The molecule has 0 atom stereocenters. The lowest BCUT2D eigenvalue weighted by atomic mass is 10.2. The summed E-state index contributed by atoms with van der Waals surface area (Å²) in [5.41, 5.74) is 1.94. The summed E-state index contributed by atoms with van der Waals surface area (Å²) in [6, 6.07) is 13.2. The molecular weight excluding hydrogens is 286 g/mol. The van der Waals surface area contributed by atoms with Gasteiger partial charge in [-0.15, -0.1) is 6.42 Å². The zero-order valence-electron chi connectivity index (χ0n) is 11.7. The first kappa shape index (κ1) is 15.1. The second kappa shape index (κ2) is 7.47. The molecule has 0 saturated carbocycles. The highest BCUT2D eigenvalue weighted by molar-refractivity contribution is 6.30. The molecular formula is C17H16ClNO2. The molecule has 0 unspecified atom stereocenters. The van der Waals surface area contributed by atoms with Crippen molar-refractivity contribution < 1.29 is 9.47 Å². The number of anilines is 1. The minimum absolute atomic E-state index is 0.233. The smallest absolute Gasteiger partial charge is 0.148 e. The summed E-state index contributed by atoms with van der Waals surface area (Å²) in [6.07, 6.45) is 5.22. The minimum Gasteiger partial charge on any atom is -0.497 e. The highest BCUT2D eigenvalue weighted by atomic mass is 35.5. The van der Waals surface area contributed by atoms with Crippen molar-refractivity contribution in [2.45, 2.75) is 6.54 Å². The number of hydrogen-bond acceptors (Lipinski definition) is 3. The molecule has 0 fully saturated rings. The molecule has 0 aliphatic rings. The maximum atomic E-state index is 6.03. The first-order valence-electron chi connectivity index (χ1n) is 6.45. The zero-order chi connectivity index (χ0) is 15.1. The van der Waals surface area contributed by atoms with E-state index >= 15 is 0 Å². The lowest BCUT2D eigenvalue weighted by Crippen LogP contribution is -2.03. The quantitative estimate of drug-likeness (QED) is 0.819. The Hall–Kier alpha value is -2.31. The Morgan fingerprint density at radius 2 is 1.95 bits per heavy atom. The topological polar surface area (TPSA) is 30.5 Å². The van der Waals surface area contributed by atoms with Gasteiger partial charge in [0.05, 0.1) is 7.11 Å². The summed E-state index contributed by atoms with van der Waals surface area (Å²) in [5.74, 6) is 4.01. The number of terminal acetylenes is 1. The molecule has 0 saturated heterocycles. The fraction of sp³-hybridized carbons (Fsp3) is 0.176. The molecule has 4 heteroatoms. The first-order valence-corrected chi connectivity index (χ1v) is 6.83. The summed E-state index contributed by atoms with van der Waals surface area (Å²) < 4.78 is 10.6. The predicted octanol–water partition coefficient (Wildman–Crippen LogP) is 3.97. The molecule has 0 heterocycles. The van der Waals surface area contributed by atoms with Gasteiger partial charge in [0.1, 0.15) is 18.1 Å². The predicted molar refractivity (Wildman–Crippen MR) is 86.1 cm³/mol. The number of halogens is 1. The normalized spacial score (nSPS) is 9.76. The third-order valence-corrected chi connectivity index (χ3v) is 3.14. The Bertz CT molecular complexity index is 632. The average Bonchev–Trinajstić information content (AvgIpc) is 2.52. The second-order valence-corrected chi connectivity index (χ2v) is 4.76. The van der Waals surface area contributed by atoms with Crippen molar-refractivity contribution in [3.05, 3.63) is 53.1 Å². The third-order valence-electron chi connectivity index (χ3n) is 2.91. The number of ether oxygens (including phenoxy) is 2. The Morgan fingerprint density at radius 3 is 2.62 bits per heavy atom. The molecule has 108 valence electrons. The van der Waals surface area contributed by atoms with Crippen LogP contribution in [-0.2, 0) is 6.54 Å². The van der Waals surface area contributed by atoms with Gasteiger partial charge in [-0.3, -0.25) is 0 Å². The van der Waals surface area contributed by atoms with E-state index in [9.17, 15) is 0 Å². The van der Waals surface area contributed by atoms with E-state index in [1.807, 2.05) is 36.4 Å². The van der Waals surface area contributed by atoms with Crippen LogP contribution in [0, 0.1) is 12.3 Å². The van der Waals surface area contributed by atoms with Gasteiger partial charge in [0.15, 0.2) is 0 Å². The van der Waals surface area contributed by atoms with Crippen LogP contribution in [0.1, 0.15) is 5.56 Å². The van der Waals surface area contributed by atoms with Crippen LogP contribution < -0.4 is 14.8 Å². The second-order valence-electron chi connectivity index (χ2n) is 4.33. The van der Waals surface area contributed by atoms with Crippen molar-refractivity contribution in [3.8, 4) is 23.8 Å². The molecule has 0 aliphatic carbocycles. The number of methoxy groups -OCH3 is 1. The molecule has 0 aromatic heterocycles. The van der Waals surface area contributed by atoms with Crippen LogP contribution in [0.2, 0.25) is 5.02 Å². The van der Waals surface area contributed by atoms with Crippen LogP contribution in [0.4, 0.5) is 5.69 Å². The van der Waals surface area contributed by atoms with Crippen LogP contribution in [-0.4, -0.2) is 13.7 Å². The number of benzene rings is 2. The summed E-state index contributed by atoms with van der Waals surface area (Å²) >= 11 is 6.03. The first-order chi connectivity index (χ1) is 10.2. The molecule has 0 amide bonds. The maximum absolute atomic E-state index is 6.03. The third kappa shape index (κ3) is 4.34. The maximum Gasteiger partial charge on any atom is 0.148 e. The lowest BCUT2D eigenvalue weighted by Gasteiger charge is -2.12. The lowest BCUT2D eigenvalue weighted by molar-refractivity contribution is 0.366. The Balaban J connectivity index is 2.07. The van der Waals surface area contributed by atoms with Crippen LogP contribution in [0.3, 0.4) is 0 Å². The van der Waals surface area contributed by atoms with Crippen LogP contribution in [0.15, 0.2) is 42.5 Å². The largest absolute Gasteiger partial charge is 0.497 e. The van der Waals surface area contributed by atoms with Gasteiger partial charge in [-0.05, 0) is 42.5 Å². The van der Waals surface area contributed by atoms with Crippen LogP contribution >= 0.6 is 11.6 Å². The monoisotopic (exact) mass is 301 g/mol. The molecule has 1 N–H and O–H groups in total. The molecule has 2 aromatic carbocycles. The van der Waals surface area contributed by atoms with Crippen LogP contribution in [0.25, 0.3) is 0 Å². The van der Waals surface area contributed by atoms with Gasteiger partial charge in [-0.2, -0.15) is 0 Å². The van der Waals surface area contributed by atoms with Gasteiger partial charge in [0.25, 0.3) is 0 Å². The van der Waals surface area contributed by atoms with E-state index in [2.05, 4.69) is 11.2 Å².